The van der Waals surface area contributed by atoms with E-state index in [1.54, 1.807) is 62.4 Å². The van der Waals surface area contributed by atoms with Crippen LogP contribution in [0.15, 0.2) is 77.7 Å². The monoisotopic (exact) mass is 587 g/mol. The summed E-state index contributed by atoms with van der Waals surface area (Å²) in [6, 6.07) is 17.4. The molecule has 0 fully saturated rings. The number of sulfonamides is 1. The number of unbranched alkanes of at least 4 members (excludes halogenated alkanes) is 1. The largest absolute Gasteiger partial charge is 0.354 e. The molecule has 0 saturated heterocycles. The molecule has 1 unspecified atom stereocenters. The highest BCUT2D eigenvalue weighted by Crippen LogP contribution is 2.29. The second kappa shape index (κ2) is 14.3. The average molecular weight is 588 g/mol. The molecule has 0 aliphatic carbocycles. The fraction of sp³-hybridized carbons (Fsp3) is 0.333. The summed E-state index contributed by atoms with van der Waals surface area (Å²) in [5.74, 6) is -1.33. The van der Waals surface area contributed by atoms with Gasteiger partial charge in [0.15, 0.2) is 0 Å². The predicted molar refractivity (Wildman–Crippen MR) is 156 cm³/mol. The molecule has 10 heteroatoms. The SMILES string of the molecule is CCCCNC(=O)C(CC)N(Cc1ccc(F)cc1)C(=O)CN(c1ccc(Cl)cc1C)S(=O)(=O)c1ccccc1. The molecule has 0 saturated carbocycles. The lowest BCUT2D eigenvalue weighted by molar-refractivity contribution is -0.140. The molecular weight excluding hydrogens is 553 g/mol. The van der Waals surface area contributed by atoms with Crippen LogP contribution in [-0.4, -0.2) is 44.3 Å². The molecule has 214 valence electrons. The van der Waals surface area contributed by atoms with Crippen molar-refractivity contribution in [1.82, 2.24) is 10.2 Å². The molecule has 3 rings (SSSR count). The lowest BCUT2D eigenvalue weighted by atomic mass is 10.1. The van der Waals surface area contributed by atoms with Crippen molar-refractivity contribution < 1.29 is 22.4 Å². The molecule has 40 heavy (non-hydrogen) atoms. The minimum absolute atomic E-state index is 0.00234. The molecule has 0 heterocycles. The van der Waals surface area contributed by atoms with E-state index in [0.29, 0.717) is 34.8 Å². The summed E-state index contributed by atoms with van der Waals surface area (Å²) in [6.07, 6.45) is 1.98. The number of carbonyl (C=O) groups is 2. The fourth-order valence-corrected chi connectivity index (χ4v) is 6.07. The lowest BCUT2D eigenvalue weighted by Gasteiger charge is -2.33. The Hall–Kier alpha value is -3.43. The van der Waals surface area contributed by atoms with Crippen molar-refractivity contribution in [3.63, 3.8) is 0 Å². The van der Waals surface area contributed by atoms with Gasteiger partial charge in [-0.05, 0) is 73.4 Å². The number of halogens is 2. The molecule has 3 aromatic rings. The normalized spacial score (nSPS) is 12.0. The van der Waals surface area contributed by atoms with Gasteiger partial charge in [-0.15, -0.1) is 0 Å². The Morgan fingerprint density at radius 2 is 1.68 bits per heavy atom. The van der Waals surface area contributed by atoms with Crippen LogP contribution in [0.4, 0.5) is 10.1 Å². The van der Waals surface area contributed by atoms with Crippen molar-refractivity contribution in [1.29, 1.82) is 0 Å². The number of carbonyl (C=O) groups excluding carboxylic acids is 2. The first-order valence-electron chi connectivity index (χ1n) is 13.2. The van der Waals surface area contributed by atoms with Crippen LogP contribution in [0.25, 0.3) is 0 Å². The summed E-state index contributed by atoms with van der Waals surface area (Å²) in [5.41, 5.74) is 1.47. The van der Waals surface area contributed by atoms with Gasteiger partial charge in [0, 0.05) is 18.1 Å². The van der Waals surface area contributed by atoms with Crippen LogP contribution in [0.5, 0.6) is 0 Å². The van der Waals surface area contributed by atoms with Gasteiger partial charge in [-0.1, -0.05) is 62.2 Å². The standard InChI is InChI=1S/C30H35ClFN3O4S/c1-4-6-18-33-30(37)27(5-2)34(20-23-12-15-25(32)16-13-23)29(36)21-35(28-17-14-24(31)19-22(28)3)40(38,39)26-10-8-7-9-11-26/h7-17,19,27H,4-6,18,20-21H2,1-3H3,(H,33,37). The Morgan fingerprint density at radius 1 is 1.00 bits per heavy atom. The first kappa shape index (κ1) is 31.1. The summed E-state index contributed by atoms with van der Waals surface area (Å²) in [6.45, 7) is 5.41. The number of amides is 2. The maximum absolute atomic E-state index is 14.0. The molecule has 0 aliphatic rings. The van der Waals surface area contributed by atoms with Crippen LogP contribution in [0.3, 0.4) is 0 Å². The van der Waals surface area contributed by atoms with Gasteiger partial charge in [-0.25, -0.2) is 12.8 Å². The molecule has 1 N–H and O–H groups in total. The Morgan fingerprint density at radius 3 is 2.27 bits per heavy atom. The van der Waals surface area contributed by atoms with Crippen LogP contribution in [0, 0.1) is 12.7 Å². The maximum atomic E-state index is 14.0. The molecule has 2 amide bonds. The minimum atomic E-state index is -4.17. The van der Waals surface area contributed by atoms with E-state index in [1.165, 1.54) is 29.2 Å². The van der Waals surface area contributed by atoms with Crippen molar-refractivity contribution in [3.8, 4) is 0 Å². The Labute approximate surface area is 241 Å². The van der Waals surface area contributed by atoms with Crippen molar-refractivity contribution >= 4 is 39.1 Å². The molecule has 0 aromatic heterocycles. The van der Waals surface area contributed by atoms with Gasteiger partial charge in [0.1, 0.15) is 18.4 Å². The predicted octanol–water partition coefficient (Wildman–Crippen LogP) is 5.71. The molecular formula is C30H35ClFN3O4S. The van der Waals surface area contributed by atoms with E-state index >= 15 is 0 Å². The van der Waals surface area contributed by atoms with Gasteiger partial charge in [0.05, 0.1) is 10.6 Å². The van der Waals surface area contributed by atoms with Crippen molar-refractivity contribution in [2.75, 3.05) is 17.4 Å². The van der Waals surface area contributed by atoms with Crippen LogP contribution in [-0.2, 0) is 26.2 Å². The number of nitrogens with one attached hydrogen (secondary N) is 1. The fourth-order valence-electron chi connectivity index (χ4n) is 4.34. The van der Waals surface area contributed by atoms with Crippen LogP contribution >= 0.6 is 11.6 Å². The minimum Gasteiger partial charge on any atom is -0.354 e. The highest BCUT2D eigenvalue weighted by molar-refractivity contribution is 7.92. The van der Waals surface area contributed by atoms with Gasteiger partial charge in [-0.3, -0.25) is 13.9 Å². The van der Waals surface area contributed by atoms with Gasteiger partial charge in [-0.2, -0.15) is 0 Å². The van der Waals surface area contributed by atoms with Crippen LogP contribution in [0.1, 0.15) is 44.2 Å². The quantitative estimate of drug-likeness (QED) is 0.260. The van der Waals surface area contributed by atoms with Crippen LogP contribution in [0.2, 0.25) is 5.02 Å². The summed E-state index contributed by atoms with van der Waals surface area (Å²) in [7, 11) is -4.17. The zero-order chi connectivity index (χ0) is 29.3. The summed E-state index contributed by atoms with van der Waals surface area (Å²) < 4.78 is 42.4. The number of rotatable bonds is 13. The van der Waals surface area contributed by atoms with E-state index in [0.717, 1.165) is 17.1 Å². The van der Waals surface area contributed by atoms with E-state index < -0.39 is 34.3 Å². The van der Waals surface area contributed by atoms with Gasteiger partial charge in [0.2, 0.25) is 11.8 Å². The average Bonchev–Trinajstić information content (AvgIpc) is 2.93. The molecule has 0 bridgehead atoms. The topological polar surface area (TPSA) is 86.8 Å². The number of hydrogen-bond donors (Lipinski definition) is 1. The molecule has 0 radical (unpaired) electrons. The van der Waals surface area contributed by atoms with Gasteiger partial charge in [0.25, 0.3) is 10.0 Å². The number of aryl methyl sites for hydroxylation is 1. The van der Waals surface area contributed by atoms with Crippen molar-refractivity contribution in [2.24, 2.45) is 0 Å². The van der Waals surface area contributed by atoms with E-state index in [-0.39, 0.29) is 17.3 Å². The number of anilines is 1. The Kier molecular flexibility index (Phi) is 11.1. The summed E-state index contributed by atoms with van der Waals surface area (Å²) in [4.78, 5) is 28.6. The van der Waals surface area contributed by atoms with Crippen molar-refractivity contribution in [2.45, 2.75) is 57.5 Å². The zero-order valence-corrected chi connectivity index (χ0v) is 24.5. The number of benzene rings is 3. The van der Waals surface area contributed by atoms with Gasteiger partial charge < -0.3 is 10.2 Å². The molecule has 7 nitrogen and oxygen atoms in total. The lowest BCUT2D eigenvalue weighted by Crippen LogP contribution is -2.52. The highest BCUT2D eigenvalue weighted by Gasteiger charge is 2.34. The molecule has 1 atom stereocenters. The van der Waals surface area contributed by atoms with E-state index in [9.17, 15) is 22.4 Å². The first-order valence-corrected chi connectivity index (χ1v) is 15.1. The first-order chi connectivity index (χ1) is 19.1. The van der Waals surface area contributed by atoms with E-state index in [1.807, 2.05) is 6.92 Å². The van der Waals surface area contributed by atoms with E-state index in [4.69, 9.17) is 11.6 Å². The summed E-state index contributed by atoms with van der Waals surface area (Å²) in [5, 5.41) is 3.31. The molecule has 0 aliphatic heterocycles. The molecule has 3 aromatic carbocycles. The Bertz CT molecular complexity index is 1400. The summed E-state index contributed by atoms with van der Waals surface area (Å²) >= 11 is 6.14. The second-order valence-corrected chi connectivity index (χ2v) is 11.8. The highest BCUT2D eigenvalue weighted by atomic mass is 35.5. The van der Waals surface area contributed by atoms with Crippen molar-refractivity contribution in [3.05, 3.63) is 94.8 Å². The van der Waals surface area contributed by atoms with E-state index in [2.05, 4.69) is 5.32 Å². The maximum Gasteiger partial charge on any atom is 0.264 e. The zero-order valence-electron chi connectivity index (χ0n) is 22.9. The third kappa shape index (κ3) is 7.82. The Balaban J connectivity index is 2.05. The smallest absolute Gasteiger partial charge is 0.264 e. The molecule has 0 spiro atoms. The third-order valence-corrected chi connectivity index (χ3v) is 8.53. The number of nitrogens with zero attached hydrogens (tertiary/aromatic N) is 2. The van der Waals surface area contributed by atoms with Crippen LogP contribution < -0.4 is 9.62 Å². The van der Waals surface area contributed by atoms with Gasteiger partial charge >= 0.3 is 0 Å². The third-order valence-electron chi connectivity index (χ3n) is 6.52. The second-order valence-electron chi connectivity index (χ2n) is 9.47. The number of hydrogen-bond acceptors (Lipinski definition) is 4.